The molecule has 0 aliphatic carbocycles. The summed E-state index contributed by atoms with van der Waals surface area (Å²) in [5.41, 5.74) is 2.13. The Morgan fingerprint density at radius 2 is 1.97 bits per heavy atom. The molecule has 0 bridgehead atoms. The molecule has 0 saturated carbocycles. The molecule has 0 spiro atoms. The van der Waals surface area contributed by atoms with Gasteiger partial charge >= 0.3 is 5.97 Å². The molecule has 182 valence electrons. The third kappa shape index (κ3) is 8.04. The summed E-state index contributed by atoms with van der Waals surface area (Å²) in [4.78, 5) is 30.2. The number of thiazole rings is 1. The van der Waals surface area contributed by atoms with Gasteiger partial charge in [-0.25, -0.2) is 9.78 Å². The lowest BCUT2D eigenvalue weighted by Gasteiger charge is -2.29. The van der Waals surface area contributed by atoms with Crippen LogP contribution < -0.4 is 0 Å². The SMILES string of the molecule is C/C1=C/CC(/C(C)=C/c2csc(C)n2)OC(=O)/C=C/C(C)(C)C(=O)[C@H](C)[C@@H](O)[C@@H](C)CCC1. The highest BCUT2D eigenvalue weighted by atomic mass is 32.1. The zero-order valence-electron chi connectivity index (χ0n) is 21.1. The number of carbonyl (C=O) groups excluding carboxylic acids is 2. The number of rotatable bonds is 2. The molecule has 5 nitrogen and oxygen atoms in total. The first-order valence-corrected chi connectivity index (χ1v) is 12.7. The van der Waals surface area contributed by atoms with Gasteiger partial charge in [0.1, 0.15) is 11.9 Å². The van der Waals surface area contributed by atoms with E-state index in [1.165, 1.54) is 11.6 Å². The van der Waals surface area contributed by atoms with Gasteiger partial charge in [0.05, 0.1) is 16.8 Å². The highest BCUT2D eigenvalue weighted by Crippen LogP contribution is 2.29. The van der Waals surface area contributed by atoms with Gasteiger partial charge in [0.25, 0.3) is 0 Å². The van der Waals surface area contributed by atoms with E-state index in [1.54, 1.807) is 38.2 Å². The van der Waals surface area contributed by atoms with Crippen molar-refractivity contribution in [2.45, 2.75) is 86.4 Å². The molecule has 33 heavy (non-hydrogen) atoms. The van der Waals surface area contributed by atoms with E-state index in [9.17, 15) is 14.7 Å². The normalized spacial score (nSPS) is 30.9. The molecule has 2 heterocycles. The van der Waals surface area contributed by atoms with Crippen LogP contribution in [0.15, 0.2) is 34.8 Å². The molecule has 1 aromatic rings. The number of hydrogen-bond acceptors (Lipinski definition) is 6. The number of esters is 1. The van der Waals surface area contributed by atoms with Crippen LogP contribution in [0, 0.1) is 24.2 Å². The molecule has 0 amide bonds. The van der Waals surface area contributed by atoms with Gasteiger partial charge in [0.15, 0.2) is 0 Å². The Kier molecular flexibility index (Phi) is 9.80. The number of nitrogens with zero attached hydrogens (tertiary/aromatic N) is 1. The second-order valence-electron chi connectivity index (χ2n) is 9.96. The van der Waals surface area contributed by atoms with E-state index in [4.69, 9.17) is 4.74 Å². The molecule has 4 atom stereocenters. The van der Waals surface area contributed by atoms with Gasteiger partial charge in [-0.05, 0) is 71.4 Å². The largest absolute Gasteiger partial charge is 0.454 e. The van der Waals surface area contributed by atoms with Crippen LogP contribution in [0.5, 0.6) is 0 Å². The highest BCUT2D eigenvalue weighted by molar-refractivity contribution is 7.09. The molecule has 6 heteroatoms. The maximum Gasteiger partial charge on any atom is 0.331 e. The fourth-order valence-electron chi connectivity index (χ4n) is 4.16. The van der Waals surface area contributed by atoms with Gasteiger partial charge in [0.2, 0.25) is 0 Å². The number of cyclic esters (lactones) is 1. The zero-order valence-corrected chi connectivity index (χ0v) is 21.9. The van der Waals surface area contributed by atoms with Gasteiger partial charge < -0.3 is 9.84 Å². The molecule has 0 aromatic carbocycles. The number of aryl methyl sites for hydroxylation is 1. The number of ketones is 1. The van der Waals surface area contributed by atoms with E-state index in [1.807, 2.05) is 32.2 Å². The molecule has 0 radical (unpaired) electrons. The van der Waals surface area contributed by atoms with Crippen LogP contribution in [0.25, 0.3) is 6.08 Å². The minimum atomic E-state index is -0.884. The number of Topliss-reactive ketones (excluding diaryl/α,β-unsaturated/α-hetero) is 1. The van der Waals surface area contributed by atoms with Crippen molar-refractivity contribution in [2.75, 3.05) is 0 Å². The summed E-state index contributed by atoms with van der Waals surface area (Å²) in [7, 11) is 0. The van der Waals surface area contributed by atoms with E-state index in [0.29, 0.717) is 6.42 Å². The Labute approximate surface area is 202 Å². The maximum absolute atomic E-state index is 13.1. The van der Waals surface area contributed by atoms with Crippen LogP contribution in [0.1, 0.15) is 77.9 Å². The topological polar surface area (TPSA) is 76.5 Å². The van der Waals surface area contributed by atoms with E-state index in [0.717, 1.165) is 35.5 Å². The summed E-state index contributed by atoms with van der Waals surface area (Å²) in [6.07, 6.45) is 9.18. The van der Waals surface area contributed by atoms with Crippen molar-refractivity contribution in [1.29, 1.82) is 0 Å². The quantitative estimate of drug-likeness (QED) is 0.417. The van der Waals surface area contributed by atoms with Crippen molar-refractivity contribution in [3.05, 3.63) is 45.5 Å². The molecule has 1 aliphatic heterocycles. The van der Waals surface area contributed by atoms with Gasteiger partial charge in [-0.2, -0.15) is 0 Å². The Morgan fingerprint density at radius 3 is 2.61 bits per heavy atom. The fourth-order valence-corrected chi connectivity index (χ4v) is 4.73. The van der Waals surface area contributed by atoms with Crippen LogP contribution in [-0.4, -0.2) is 34.1 Å². The third-order valence-electron chi connectivity index (χ3n) is 6.47. The Balaban J connectivity index is 2.33. The van der Waals surface area contributed by atoms with Crippen LogP contribution in [-0.2, 0) is 14.3 Å². The van der Waals surface area contributed by atoms with Crippen LogP contribution >= 0.6 is 11.3 Å². The molecular weight excluding hydrogens is 434 g/mol. The van der Waals surface area contributed by atoms with Crippen molar-refractivity contribution in [1.82, 2.24) is 4.98 Å². The Morgan fingerprint density at radius 1 is 1.27 bits per heavy atom. The number of hydrogen-bond donors (Lipinski definition) is 1. The average molecular weight is 474 g/mol. The first-order chi connectivity index (χ1) is 15.4. The number of carbonyl (C=O) groups is 2. The summed E-state index contributed by atoms with van der Waals surface area (Å²) in [6.45, 7) is 13.3. The van der Waals surface area contributed by atoms with Gasteiger partial charge in [-0.1, -0.05) is 31.6 Å². The molecule has 1 unspecified atom stereocenters. The van der Waals surface area contributed by atoms with E-state index < -0.39 is 29.5 Å². The second-order valence-corrected chi connectivity index (χ2v) is 11.0. The monoisotopic (exact) mass is 473 g/mol. The predicted octanol–water partition coefficient (Wildman–Crippen LogP) is 6.07. The van der Waals surface area contributed by atoms with Crippen molar-refractivity contribution >= 4 is 29.2 Å². The standard InChI is InChI=1S/C27H39NO4S/c1-17-9-8-10-18(2)25(30)20(4)26(31)27(6,7)14-13-24(29)32-23(12-11-17)19(3)15-22-16-33-21(5)28-22/h11,13-16,18,20,23,25,30H,8-10,12H2,1-7H3/b14-13+,17-11-,19-15+/t18-,20+,23?,25-/m0/s1. The third-order valence-corrected chi connectivity index (χ3v) is 7.26. The van der Waals surface area contributed by atoms with Gasteiger partial charge in [-0.15, -0.1) is 11.3 Å². The van der Waals surface area contributed by atoms with E-state index >= 15 is 0 Å². The van der Waals surface area contributed by atoms with Crippen molar-refractivity contribution < 1.29 is 19.4 Å². The lowest BCUT2D eigenvalue weighted by Crippen LogP contribution is -2.38. The smallest absolute Gasteiger partial charge is 0.331 e. The summed E-state index contributed by atoms with van der Waals surface area (Å²) < 4.78 is 5.81. The first-order valence-electron chi connectivity index (χ1n) is 11.8. The molecule has 0 fully saturated rings. The first kappa shape index (κ1) is 27.2. The molecular formula is C27H39NO4S. The van der Waals surface area contributed by atoms with E-state index in [-0.39, 0.29) is 11.7 Å². The fraction of sp³-hybridized carbons (Fsp3) is 0.593. The lowest BCUT2D eigenvalue weighted by molar-refractivity contribution is -0.141. The molecule has 1 aromatic heterocycles. The maximum atomic E-state index is 13.1. The second kappa shape index (κ2) is 11.9. The van der Waals surface area contributed by atoms with Crippen molar-refractivity contribution in [3.63, 3.8) is 0 Å². The molecule has 1 aliphatic rings. The molecule has 2 rings (SSSR count). The summed E-state index contributed by atoms with van der Waals surface area (Å²) in [6, 6.07) is 0. The van der Waals surface area contributed by atoms with Crippen LogP contribution in [0.3, 0.4) is 0 Å². The van der Waals surface area contributed by atoms with E-state index in [2.05, 4.69) is 18.0 Å². The summed E-state index contributed by atoms with van der Waals surface area (Å²) in [5, 5.41) is 13.7. The number of allylic oxidation sites excluding steroid dienone is 2. The number of aromatic nitrogens is 1. The minimum absolute atomic E-state index is 0.0221. The van der Waals surface area contributed by atoms with Gasteiger partial charge in [0, 0.05) is 29.2 Å². The number of ether oxygens (including phenoxy) is 1. The molecule has 0 saturated heterocycles. The minimum Gasteiger partial charge on any atom is -0.454 e. The lowest BCUT2D eigenvalue weighted by atomic mass is 9.76. The van der Waals surface area contributed by atoms with Crippen molar-refractivity contribution in [3.8, 4) is 0 Å². The number of aliphatic hydroxyl groups excluding tert-OH is 1. The zero-order chi connectivity index (χ0) is 24.8. The predicted molar refractivity (Wildman–Crippen MR) is 135 cm³/mol. The Bertz CT molecular complexity index is 924. The van der Waals surface area contributed by atoms with Gasteiger partial charge in [-0.3, -0.25) is 4.79 Å². The van der Waals surface area contributed by atoms with Crippen LogP contribution in [0.2, 0.25) is 0 Å². The van der Waals surface area contributed by atoms with Crippen LogP contribution in [0.4, 0.5) is 0 Å². The highest BCUT2D eigenvalue weighted by Gasteiger charge is 2.35. The molecule has 1 N–H and O–H groups in total. The summed E-state index contributed by atoms with van der Waals surface area (Å²) >= 11 is 1.58. The average Bonchev–Trinajstić information content (AvgIpc) is 3.17. The Hall–Kier alpha value is -2.05. The summed E-state index contributed by atoms with van der Waals surface area (Å²) in [5.74, 6) is -1.06. The number of aliphatic hydroxyl groups is 1. The van der Waals surface area contributed by atoms with Crippen molar-refractivity contribution in [2.24, 2.45) is 17.3 Å².